The highest BCUT2D eigenvalue weighted by molar-refractivity contribution is 7.09. The molecule has 0 radical (unpaired) electrons. The van der Waals surface area contributed by atoms with Gasteiger partial charge < -0.3 is 10.6 Å². The summed E-state index contributed by atoms with van der Waals surface area (Å²) >= 11 is 13.5. The number of carbonyl (C=O) groups is 1. The highest BCUT2D eigenvalue weighted by atomic mass is 35.5. The summed E-state index contributed by atoms with van der Waals surface area (Å²) in [6, 6.07) is 5.06. The van der Waals surface area contributed by atoms with E-state index in [0.717, 1.165) is 10.6 Å². The summed E-state index contributed by atoms with van der Waals surface area (Å²) in [4.78, 5) is 18.2. The van der Waals surface area contributed by atoms with Crippen molar-refractivity contribution in [2.45, 2.75) is 19.5 Å². The molecule has 1 aromatic carbocycles. The molecule has 0 bridgehead atoms. The fourth-order valence-corrected chi connectivity index (χ4v) is 3.12. The van der Waals surface area contributed by atoms with Crippen LogP contribution in [0.2, 0.25) is 10.0 Å². The van der Waals surface area contributed by atoms with Crippen LogP contribution in [-0.2, 0) is 6.54 Å². The molecular formula is C14H16Cl3N3OS. The van der Waals surface area contributed by atoms with E-state index in [1.165, 1.54) is 11.3 Å². The van der Waals surface area contributed by atoms with Crippen LogP contribution in [0.5, 0.6) is 0 Å². The number of benzene rings is 1. The van der Waals surface area contributed by atoms with Gasteiger partial charge in [0, 0.05) is 29.0 Å². The molecule has 0 saturated carbocycles. The molecular weight excluding hydrogens is 365 g/mol. The summed E-state index contributed by atoms with van der Waals surface area (Å²) in [5, 5.41) is 3.56. The fraction of sp³-hybridized carbons (Fsp3) is 0.286. The molecule has 8 heteroatoms. The first-order valence-corrected chi connectivity index (χ1v) is 7.94. The largest absolute Gasteiger partial charge is 0.334 e. The highest BCUT2D eigenvalue weighted by Crippen LogP contribution is 2.29. The molecule has 22 heavy (non-hydrogen) atoms. The van der Waals surface area contributed by atoms with Crippen LogP contribution in [0.4, 0.5) is 0 Å². The minimum atomic E-state index is -0.190. The molecule has 0 fully saturated rings. The van der Waals surface area contributed by atoms with Crippen molar-refractivity contribution in [3.63, 3.8) is 0 Å². The van der Waals surface area contributed by atoms with E-state index in [-0.39, 0.29) is 24.4 Å². The van der Waals surface area contributed by atoms with E-state index < -0.39 is 0 Å². The number of nitrogens with two attached hydrogens (primary N) is 1. The molecule has 120 valence electrons. The van der Waals surface area contributed by atoms with Gasteiger partial charge in [0.2, 0.25) is 0 Å². The number of hydrogen-bond donors (Lipinski definition) is 1. The van der Waals surface area contributed by atoms with Crippen LogP contribution in [0.15, 0.2) is 23.6 Å². The number of amides is 1. The SMILES string of the molecule is CC(c1ccc(Cl)cc1Cl)N(C)C(=O)c1csc(CN)n1.Cl. The lowest BCUT2D eigenvalue weighted by atomic mass is 10.1. The number of rotatable bonds is 4. The molecule has 1 atom stereocenters. The minimum absolute atomic E-state index is 0. The molecule has 1 heterocycles. The Kier molecular flexibility index (Phi) is 7.09. The molecule has 1 unspecified atom stereocenters. The zero-order valence-electron chi connectivity index (χ0n) is 12.0. The first kappa shape index (κ1) is 19.2. The molecule has 4 nitrogen and oxygen atoms in total. The monoisotopic (exact) mass is 379 g/mol. The fourth-order valence-electron chi connectivity index (χ4n) is 1.91. The molecule has 0 aliphatic heterocycles. The van der Waals surface area contributed by atoms with Crippen molar-refractivity contribution in [1.82, 2.24) is 9.88 Å². The molecule has 2 rings (SSSR count). The van der Waals surface area contributed by atoms with Gasteiger partial charge in [-0.25, -0.2) is 4.98 Å². The van der Waals surface area contributed by atoms with Gasteiger partial charge in [0.05, 0.1) is 6.04 Å². The minimum Gasteiger partial charge on any atom is -0.334 e. The summed E-state index contributed by atoms with van der Waals surface area (Å²) in [7, 11) is 1.72. The van der Waals surface area contributed by atoms with Crippen molar-refractivity contribution in [2.24, 2.45) is 5.73 Å². The van der Waals surface area contributed by atoms with Crippen molar-refractivity contribution in [3.05, 3.63) is 49.9 Å². The molecule has 2 aromatic rings. The number of carbonyl (C=O) groups excluding carboxylic acids is 1. The predicted octanol–water partition coefficient (Wildman–Crippen LogP) is 4.16. The lowest BCUT2D eigenvalue weighted by Crippen LogP contribution is -2.30. The molecule has 1 aromatic heterocycles. The molecule has 2 N–H and O–H groups in total. The van der Waals surface area contributed by atoms with E-state index in [2.05, 4.69) is 4.98 Å². The Morgan fingerprint density at radius 1 is 1.45 bits per heavy atom. The van der Waals surface area contributed by atoms with Gasteiger partial charge in [-0.15, -0.1) is 23.7 Å². The summed E-state index contributed by atoms with van der Waals surface area (Å²) in [5.41, 5.74) is 6.76. The van der Waals surface area contributed by atoms with Crippen molar-refractivity contribution < 1.29 is 4.79 Å². The van der Waals surface area contributed by atoms with Crippen molar-refractivity contribution in [3.8, 4) is 0 Å². The molecule has 0 aliphatic rings. The number of thiazole rings is 1. The van der Waals surface area contributed by atoms with Crippen LogP contribution >= 0.6 is 46.9 Å². The predicted molar refractivity (Wildman–Crippen MR) is 94.2 cm³/mol. The van der Waals surface area contributed by atoms with E-state index in [9.17, 15) is 4.79 Å². The Labute approximate surface area is 149 Å². The van der Waals surface area contributed by atoms with Gasteiger partial charge in [0.1, 0.15) is 10.7 Å². The maximum absolute atomic E-state index is 12.4. The van der Waals surface area contributed by atoms with Crippen molar-refractivity contribution in [1.29, 1.82) is 0 Å². The van der Waals surface area contributed by atoms with Crippen LogP contribution in [0.1, 0.15) is 34.0 Å². The zero-order valence-corrected chi connectivity index (χ0v) is 15.2. The average molecular weight is 381 g/mol. The van der Waals surface area contributed by atoms with Crippen molar-refractivity contribution >= 4 is 52.9 Å². The van der Waals surface area contributed by atoms with Gasteiger partial charge in [-0.3, -0.25) is 4.79 Å². The second kappa shape index (κ2) is 8.13. The van der Waals surface area contributed by atoms with E-state index >= 15 is 0 Å². The molecule has 1 amide bonds. The van der Waals surface area contributed by atoms with Crippen LogP contribution in [-0.4, -0.2) is 22.8 Å². The topological polar surface area (TPSA) is 59.2 Å². The third kappa shape index (κ3) is 4.12. The third-order valence-electron chi connectivity index (χ3n) is 3.26. The second-order valence-corrected chi connectivity index (χ2v) is 6.37. The lowest BCUT2D eigenvalue weighted by molar-refractivity contribution is 0.0737. The Morgan fingerprint density at radius 2 is 2.14 bits per heavy atom. The van der Waals surface area contributed by atoms with E-state index in [4.69, 9.17) is 28.9 Å². The summed E-state index contributed by atoms with van der Waals surface area (Å²) in [6.07, 6.45) is 0. The summed E-state index contributed by atoms with van der Waals surface area (Å²) in [5.74, 6) is -0.163. The standard InChI is InChI=1S/C14H15Cl2N3OS.ClH/c1-8(10-4-3-9(15)5-11(10)16)19(2)14(20)12-7-21-13(6-17)18-12;/h3-5,7-8H,6,17H2,1-2H3;1H. The molecule has 0 aliphatic carbocycles. The summed E-state index contributed by atoms with van der Waals surface area (Å²) in [6.45, 7) is 2.24. The highest BCUT2D eigenvalue weighted by Gasteiger charge is 2.22. The Morgan fingerprint density at radius 3 is 2.68 bits per heavy atom. The first-order chi connectivity index (χ1) is 9.93. The van der Waals surface area contributed by atoms with Gasteiger partial charge >= 0.3 is 0 Å². The normalized spacial score (nSPS) is 11.7. The smallest absolute Gasteiger partial charge is 0.273 e. The van der Waals surface area contributed by atoms with E-state index in [0.29, 0.717) is 22.3 Å². The first-order valence-electron chi connectivity index (χ1n) is 6.30. The number of hydrogen-bond acceptors (Lipinski definition) is 4. The Bertz CT molecular complexity index is 663. The van der Waals surface area contributed by atoms with Gasteiger partial charge in [0.15, 0.2) is 0 Å². The lowest BCUT2D eigenvalue weighted by Gasteiger charge is -2.25. The Balaban J connectivity index is 0.00000242. The quantitative estimate of drug-likeness (QED) is 0.866. The maximum Gasteiger partial charge on any atom is 0.273 e. The van der Waals surface area contributed by atoms with Crippen LogP contribution < -0.4 is 5.73 Å². The molecule has 0 saturated heterocycles. The van der Waals surface area contributed by atoms with Crippen LogP contribution in [0.3, 0.4) is 0 Å². The summed E-state index contributed by atoms with van der Waals surface area (Å²) < 4.78 is 0. The number of aromatic nitrogens is 1. The third-order valence-corrected chi connectivity index (χ3v) is 4.69. The Hall–Kier alpha value is -0.850. The van der Waals surface area contributed by atoms with Gasteiger partial charge in [-0.2, -0.15) is 0 Å². The number of nitrogens with zero attached hydrogens (tertiary/aromatic N) is 2. The van der Waals surface area contributed by atoms with Gasteiger partial charge in [-0.1, -0.05) is 29.3 Å². The van der Waals surface area contributed by atoms with Crippen LogP contribution in [0.25, 0.3) is 0 Å². The zero-order chi connectivity index (χ0) is 15.6. The van der Waals surface area contributed by atoms with Crippen LogP contribution in [0, 0.1) is 0 Å². The van der Waals surface area contributed by atoms with E-state index in [1.54, 1.807) is 29.5 Å². The van der Waals surface area contributed by atoms with Gasteiger partial charge in [0.25, 0.3) is 5.91 Å². The maximum atomic E-state index is 12.4. The second-order valence-electron chi connectivity index (χ2n) is 4.59. The van der Waals surface area contributed by atoms with Gasteiger partial charge in [-0.05, 0) is 24.6 Å². The molecule has 0 spiro atoms. The number of halogens is 3. The van der Waals surface area contributed by atoms with Crippen molar-refractivity contribution in [2.75, 3.05) is 7.05 Å². The van der Waals surface area contributed by atoms with E-state index in [1.807, 2.05) is 13.0 Å². The average Bonchev–Trinajstić information content (AvgIpc) is 2.94.